The predicted molar refractivity (Wildman–Crippen MR) is 85.8 cm³/mol. The van der Waals surface area contributed by atoms with E-state index in [9.17, 15) is 18.0 Å². The van der Waals surface area contributed by atoms with Crippen LogP contribution < -0.4 is 10.6 Å². The summed E-state index contributed by atoms with van der Waals surface area (Å²) in [7, 11) is 0. The first kappa shape index (κ1) is 18.8. The Balaban J connectivity index is 1.76. The SMILES string of the molecule is CCNC(=NCCC(F)(F)F)N1CCN(CC(=O)NC2CC2)CC1. The van der Waals surface area contributed by atoms with Crippen LogP contribution in [0.15, 0.2) is 4.99 Å². The lowest BCUT2D eigenvalue weighted by Gasteiger charge is -2.36. The molecule has 2 rings (SSSR count). The molecule has 1 saturated carbocycles. The van der Waals surface area contributed by atoms with Crippen LogP contribution >= 0.6 is 0 Å². The minimum atomic E-state index is -4.19. The van der Waals surface area contributed by atoms with Gasteiger partial charge in [-0.3, -0.25) is 14.7 Å². The Hall–Kier alpha value is -1.51. The summed E-state index contributed by atoms with van der Waals surface area (Å²) in [6.07, 6.45) is -2.96. The van der Waals surface area contributed by atoms with Crippen LogP contribution in [0.1, 0.15) is 26.2 Å². The molecule has 9 heteroatoms. The molecule has 1 aliphatic carbocycles. The number of carbonyl (C=O) groups is 1. The first-order chi connectivity index (χ1) is 11.4. The smallest absolute Gasteiger partial charge is 0.357 e. The van der Waals surface area contributed by atoms with Gasteiger partial charge in [0.1, 0.15) is 0 Å². The third-order valence-corrected chi connectivity index (χ3v) is 3.97. The van der Waals surface area contributed by atoms with Crippen molar-refractivity contribution in [3.8, 4) is 0 Å². The summed E-state index contributed by atoms with van der Waals surface area (Å²) in [4.78, 5) is 19.9. The van der Waals surface area contributed by atoms with E-state index in [2.05, 4.69) is 20.5 Å². The minimum absolute atomic E-state index is 0.0525. The van der Waals surface area contributed by atoms with Gasteiger partial charge in [0.2, 0.25) is 5.91 Å². The third kappa shape index (κ3) is 6.94. The van der Waals surface area contributed by atoms with Crippen molar-refractivity contribution >= 4 is 11.9 Å². The number of carbonyl (C=O) groups excluding carboxylic acids is 1. The van der Waals surface area contributed by atoms with Gasteiger partial charge < -0.3 is 15.5 Å². The van der Waals surface area contributed by atoms with Crippen molar-refractivity contribution in [2.45, 2.75) is 38.4 Å². The van der Waals surface area contributed by atoms with Crippen LogP contribution in [0.25, 0.3) is 0 Å². The van der Waals surface area contributed by atoms with Gasteiger partial charge >= 0.3 is 6.18 Å². The van der Waals surface area contributed by atoms with Gasteiger partial charge in [-0.15, -0.1) is 0 Å². The maximum absolute atomic E-state index is 12.3. The molecular weight excluding hydrogens is 323 g/mol. The normalized spacial score (nSPS) is 20.2. The van der Waals surface area contributed by atoms with E-state index in [0.29, 0.717) is 51.3 Å². The Labute approximate surface area is 140 Å². The number of hydrogen-bond donors (Lipinski definition) is 2. The lowest BCUT2D eigenvalue weighted by molar-refractivity contribution is -0.132. The molecule has 2 aliphatic rings. The van der Waals surface area contributed by atoms with E-state index in [-0.39, 0.29) is 12.5 Å². The Morgan fingerprint density at radius 2 is 1.88 bits per heavy atom. The van der Waals surface area contributed by atoms with Gasteiger partial charge in [0.05, 0.1) is 19.5 Å². The average molecular weight is 349 g/mol. The lowest BCUT2D eigenvalue weighted by Crippen LogP contribution is -2.54. The van der Waals surface area contributed by atoms with Gasteiger partial charge in [0, 0.05) is 38.8 Å². The Morgan fingerprint density at radius 1 is 1.21 bits per heavy atom. The van der Waals surface area contributed by atoms with Crippen LogP contribution in [0.2, 0.25) is 0 Å². The van der Waals surface area contributed by atoms with Gasteiger partial charge in [-0.2, -0.15) is 13.2 Å². The van der Waals surface area contributed by atoms with Gasteiger partial charge in [0.15, 0.2) is 5.96 Å². The summed E-state index contributed by atoms with van der Waals surface area (Å²) in [6, 6.07) is 0.361. The van der Waals surface area contributed by atoms with Gasteiger partial charge in [-0.25, -0.2) is 0 Å². The molecule has 0 spiro atoms. The number of alkyl halides is 3. The monoisotopic (exact) mass is 349 g/mol. The second kappa shape index (κ2) is 8.55. The zero-order chi connectivity index (χ0) is 17.6. The maximum atomic E-state index is 12.3. The van der Waals surface area contributed by atoms with Crippen molar-refractivity contribution in [2.75, 3.05) is 45.8 Å². The highest BCUT2D eigenvalue weighted by molar-refractivity contribution is 5.80. The quantitative estimate of drug-likeness (QED) is 0.550. The zero-order valence-electron chi connectivity index (χ0n) is 14.0. The number of nitrogens with zero attached hydrogens (tertiary/aromatic N) is 3. The molecule has 0 bridgehead atoms. The van der Waals surface area contributed by atoms with Crippen molar-refractivity contribution in [1.29, 1.82) is 0 Å². The summed E-state index contributed by atoms with van der Waals surface area (Å²) < 4.78 is 36.8. The number of nitrogens with one attached hydrogen (secondary N) is 2. The van der Waals surface area contributed by atoms with Crippen LogP contribution in [0, 0.1) is 0 Å². The third-order valence-electron chi connectivity index (χ3n) is 3.97. The lowest BCUT2D eigenvalue weighted by atomic mass is 10.3. The molecule has 0 aromatic carbocycles. The largest absolute Gasteiger partial charge is 0.390 e. The Kier molecular flexibility index (Phi) is 6.70. The minimum Gasteiger partial charge on any atom is -0.357 e. The molecule has 6 nitrogen and oxygen atoms in total. The highest BCUT2D eigenvalue weighted by atomic mass is 19.4. The number of hydrogen-bond acceptors (Lipinski definition) is 3. The Morgan fingerprint density at radius 3 is 2.42 bits per heavy atom. The summed E-state index contributed by atoms with van der Waals surface area (Å²) in [5.74, 6) is 0.570. The summed E-state index contributed by atoms with van der Waals surface area (Å²) in [5.41, 5.74) is 0. The average Bonchev–Trinajstić information content (AvgIpc) is 3.30. The fourth-order valence-corrected chi connectivity index (χ4v) is 2.54. The first-order valence-electron chi connectivity index (χ1n) is 8.49. The van der Waals surface area contributed by atoms with Gasteiger partial charge in [0.25, 0.3) is 0 Å². The number of halogens is 3. The van der Waals surface area contributed by atoms with E-state index in [4.69, 9.17) is 0 Å². The molecule has 0 atom stereocenters. The Bertz CT molecular complexity index is 443. The summed E-state index contributed by atoms with van der Waals surface area (Å²) in [5, 5.41) is 6.00. The molecule has 138 valence electrons. The highest BCUT2D eigenvalue weighted by Crippen LogP contribution is 2.19. The van der Waals surface area contributed by atoms with E-state index in [1.54, 1.807) is 0 Å². The molecule has 1 saturated heterocycles. The number of amides is 1. The molecule has 24 heavy (non-hydrogen) atoms. The van der Waals surface area contributed by atoms with Crippen LogP contribution in [0.5, 0.6) is 0 Å². The van der Waals surface area contributed by atoms with Crippen LogP contribution in [0.3, 0.4) is 0 Å². The van der Waals surface area contributed by atoms with Crippen molar-refractivity contribution in [1.82, 2.24) is 20.4 Å². The van der Waals surface area contributed by atoms with E-state index in [1.165, 1.54) is 0 Å². The van der Waals surface area contributed by atoms with Crippen molar-refractivity contribution in [3.63, 3.8) is 0 Å². The molecule has 0 aromatic heterocycles. The topological polar surface area (TPSA) is 60.0 Å². The molecule has 0 aromatic rings. The summed E-state index contributed by atoms with van der Waals surface area (Å²) in [6.45, 7) is 5.29. The fraction of sp³-hybridized carbons (Fsp3) is 0.867. The standard InChI is InChI=1S/C15H26F3N5O/c1-2-19-14(20-6-5-15(16,17)18)23-9-7-22(8-10-23)11-13(24)21-12-3-4-12/h12H,2-11H2,1H3,(H,19,20)(H,21,24). The number of rotatable bonds is 6. The van der Waals surface area contributed by atoms with Crippen LogP contribution in [-0.4, -0.2) is 79.7 Å². The number of guanidine groups is 1. The van der Waals surface area contributed by atoms with E-state index in [0.717, 1.165) is 12.8 Å². The van der Waals surface area contributed by atoms with Gasteiger partial charge in [-0.05, 0) is 19.8 Å². The zero-order valence-corrected chi connectivity index (χ0v) is 14.0. The molecule has 0 unspecified atom stereocenters. The molecule has 1 heterocycles. The molecule has 1 aliphatic heterocycles. The predicted octanol–water partition coefficient (Wildman–Crippen LogP) is 0.801. The molecular formula is C15H26F3N5O. The molecule has 0 radical (unpaired) electrons. The summed E-state index contributed by atoms with van der Waals surface area (Å²) >= 11 is 0. The maximum Gasteiger partial charge on any atom is 0.390 e. The van der Waals surface area contributed by atoms with Crippen molar-refractivity contribution < 1.29 is 18.0 Å². The van der Waals surface area contributed by atoms with E-state index >= 15 is 0 Å². The molecule has 1 amide bonds. The fourth-order valence-electron chi connectivity index (χ4n) is 2.54. The first-order valence-corrected chi connectivity index (χ1v) is 8.49. The molecule has 2 N–H and O–H groups in total. The van der Waals surface area contributed by atoms with E-state index < -0.39 is 12.6 Å². The molecule has 2 fully saturated rings. The van der Waals surface area contributed by atoms with Crippen LogP contribution in [-0.2, 0) is 4.79 Å². The van der Waals surface area contributed by atoms with E-state index in [1.807, 2.05) is 11.8 Å². The number of piperazine rings is 1. The second-order valence-electron chi connectivity index (χ2n) is 6.21. The highest BCUT2D eigenvalue weighted by Gasteiger charge is 2.27. The van der Waals surface area contributed by atoms with Crippen molar-refractivity contribution in [2.24, 2.45) is 4.99 Å². The second-order valence-corrected chi connectivity index (χ2v) is 6.21. The van der Waals surface area contributed by atoms with Crippen molar-refractivity contribution in [3.05, 3.63) is 0 Å². The number of aliphatic imine (C=N–C) groups is 1. The van der Waals surface area contributed by atoms with Gasteiger partial charge in [-0.1, -0.05) is 0 Å². The van der Waals surface area contributed by atoms with Crippen LogP contribution in [0.4, 0.5) is 13.2 Å².